The molecule has 0 bridgehead atoms. The second kappa shape index (κ2) is 5.40. The topological polar surface area (TPSA) is 81.0 Å². The first kappa shape index (κ1) is 12.9. The smallest absolute Gasteiger partial charge is 0.311 e. The van der Waals surface area contributed by atoms with Crippen LogP contribution in [-0.4, -0.2) is 14.9 Å². The molecule has 6 nitrogen and oxygen atoms in total. The Kier molecular flexibility index (Phi) is 3.87. The maximum absolute atomic E-state index is 10.9. The van der Waals surface area contributed by atoms with Gasteiger partial charge >= 0.3 is 5.69 Å². The Bertz CT molecular complexity index is 561. The highest BCUT2D eigenvalue weighted by atomic mass is 79.9. The first-order chi connectivity index (χ1) is 8.59. The van der Waals surface area contributed by atoms with Crippen LogP contribution in [0.2, 0.25) is 0 Å². The van der Waals surface area contributed by atoms with Crippen LogP contribution < -0.4 is 5.32 Å². The molecule has 0 saturated heterocycles. The van der Waals surface area contributed by atoms with Crippen molar-refractivity contribution in [1.29, 1.82) is 0 Å². The molecular weight excluding hydrogens is 320 g/mol. The molecule has 2 heterocycles. The number of nitro groups is 1. The molecule has 94 valence electrons. The van der Waals surface area contributed by atoms with Crippen LogP contribution in [0.5, 0.6) is 0 Å². The van der Waals surface area contributed by atoms with Crippen molar-refractivity contribution >= 4 is 38.6 Å². The quantitative estimate of drug-likeness (QED) is 0.687. The molecule has 0 amide bonds. The zero-order valence-corrected chi connectivity index (χ0v) is 11.7. The van der Waals surface area contributed by atoms with E-state index in [1.165, 1.54) is 23.7 Å². The lowest BCUT2D eigenvalue weighted by atomic mass is 10.3. The molecule has 0 aliphatic rings. The van der Waals surface area contributed by atoms with Crippen LogP contribution in [0.4, 0.5) is 11.4 Å². The van der Waals surface area contributed by atoms with E-state index in [0.717, 1.165) is 5.01 Å². The minimum atomic E-state index is -0.464. The highest BCUT2D eigenvalue weighted by Gasteiger charge is 2.20. The van der Waals surface area contributed by atoms with E-state index in [0.29, 0.717) is 10.2 Å². The molecule has 0 aliphatic heterocycles. The first-order valence-electron chi connectivity index (χ1n) is 5.03. The van der Waals surface area contributed by atoms with Gasteiger partial charge in [-0.15, -0.1) is 11.3 Å². The lowest BCUT2D eigenvalue weighted by Gasteiger charge is -2.13. The van der Waals surface area contributed by atoms with Gasteiger partial charge in [-0.3, -0.25) is 15.1 Å². The van der Waals surface area contributed by atoms with Crippen molar-refractivity contribution in [2.24, 2.45) is 0 Å². The van der Waals surface area contributed by atoms with Crippen molar-refractivity contribution < 1.29 is 4.92 Å². The number of anilines is 1. The minimum absolute atomic E-state index is 0.0622. The Morgan fingerprint density at radius 3 is 2.94 bits per heavy atom. The van der Waals surface area contributed by atoms with Crippen molar-refractivity contribution in [2.45, 2.75) is 13.0 Å². The van der Waals surface area contributed by atoms with Gasteiger partial charge in [-0.2, -0.15) is 0 Å². The molecule has 0 saturated carbocycles. The standard InChI is InChI=1S/C10H9BrN4O2S/c1-6(10-13-2-3-18-10)14-9-7(11)4-12-5-8(9)15(16)17/h2-6H,1H3,(H,12,14). The number of thiazole rings is 1. The van der Waals surface area contributed by atoms with Gasteiger partial charge in [0.05, 0.1) is 15.4 Å². The zero-order chi connectivity index (χ0) is 13.1. The summed E-state index contributed by atoms with van der Waals surface area (Å²) in [5, 5.41) is 16.7. The molecule has 0 spiro atoms. The average Bonchev–Trinajstić information content (AvgIpc) is 2.85. The monoisotopic (exact) mass is 328 g/mol. The summed E-state index contributed by atoms with van der Waals surface area (Å²) in [6, 6.07) is -0.109. The van der Waals surface area contributed by atoms with Crippen molar-refractivity contribution in [3.63, 3.8) is 0 Å². The van der Waals surface area contributed by atoms with Gasteiger partial charge in [0.2, 0.25) is 0 Å². The summed E-state index contributed by atoms with van der Waals surface area (Å²) in [5.41, 5.74) is 0.352. The molecule has 0 aromatic carbocycles. The van der Waals surface area contributed by atoms with E-state index in [-0.39, 0.29) is 11.7 Å². The summed E-state index contributed by atoms with van der Waals surface area (Å²) < 4.78 is 0.556. The second-order valence-electron chi connectivity index (χ2n) is 3.51. The molecular formula is C10H9BrN4O2S. The SMILES string of the molecule is CC(Nc1c(Br)cncc1[N+](=O)[O-])c1nccs1. The second-order valence-corrected chi connectivity index (χ2v) is 5.29. The van der Waals surface area contributed by atoms with E-state index in [9.17, 15) is 10.1 Å². The average molecular weight is 329 g/mol. The molecule has 1 N–H and O–H groups in total. The van der Waals surface area contributed by atoms with Gasteiger partial charge in [0.25, 0.3) is 0 Å². The largest absolute Gasteiger partial charge is 0.370 e. The summed E-state index contributed by atoms with van der Waals surface area (Å²) in [5.74, 6) is 0. The highest BCUT2D eigenvalue weighted by Crippen LogP contribution is 2.34. The number of aromatic nitrogens is 2. The third kappa shape index (κ3) is 2.65. The van der Waals surface area contributed by atoms with E-state index in [1.807, 2.05) is 12.3 Å². The minimum Gasteiger partial charge on any atom is -0.370 e. The molecule has 1 unspecified atom stereocenters. The van der Waals surface area contributed by atoms with Gasteiger partial charge < -0.3 is 5.32 Å². The number of pyridine rings is 1. The molecule has 0 fully saturated rings. The fourth-order valence-electron chi connectivity index (χ4n) is 1.43. The van der Waals surface area contributed by atoms with Crippen molar-refractivity contribution in [2.75, 3.05) is 5.32 Å². The number of hydrogen-bond acceptors (Lipinski definition) is 6. The fourth-order valence-corrected chi connectivity index (χ4v) is 2.51. The van der Waals surface area contributed by atoms with Crippen molar-refractivity contribution in [1.82, 2.24) is 9.97 Å². The predicted octanol–water partition coefficient (Wildman–Crippen LogP) is 3.38. The molecule has 18 heavy (non-hydrogen) atoms. The van der Waals surface area contributed by atoms with Gasteiger partial charge in [-0.25, -0.2) is 4.98 Å². The number of halogens is 1. The fraction of sp³-hybridized carbons (Fsp3) is 0.200. The van der Waals surface area contributed by atoms with Crippen LogP contribution in [0.15, 0.2) is 28.4 Å². The third-order valence-corrected chi connectivity index (χ3v) is 3.82. The van der Waals surface area contributed by atoms with E-state index in [1.54, 1.807) is 6.20 Å². The number of hydrogen-bond donors (Lipinski definition) is 1. The highest BCUT2D eigenvalue weighted by molar-refractivity contribution is 9.10. The van der Waals surface area contributed by atoms with Crippen LogP contribution in [-0.2, 0) is 0 Å². The summed E-state index contributed by atoms with van der Waals surface area (Å²) in [6.45, 7) is 1.90. The Labute approximate surface area is 115 Å². The Hall–Kier alpha value is -1.54. The molecule has 0 aliphatic carbocycles. The van der Waals surface area contributed by atoms with Crippen LogP contribution in [0.1, 0.15) is 18.0 Å². The zero-order valence-electron chi connectivity index (χ0n) is 9.33. The summed E-state index contributed by atoms with van der Waals surface area (Å²) in [7, 11) is 0. The predicted molar refractivity (Wildman–Crippen MR) is 72.7 cm³/mol. The van der Waals surface area contributed by atoms with Gasteiger partial charge in [0, 0.05) is 17.8 Å². The van der Waals surface area contributed by atoms with Crippen LogP contribution >= 0.6 is 27.3 Å². The van der Waals surface area contributed by atoms with Crippen molar-refractivity contribution in [3.8, 4) is 0 Å². The van der Waals surface area contributed by atoms with E-state index in [2.05, 4.69) is 31.2 Å². The summed E-state index contributed by atoms with van der Waals surface area (Å²) in [4.78, 5) is 18.4. The van der Waals surface area contributed by atoms with Crippen LogP contribution in [0.3, 0.4) is 0 Å². The Morgan fingerprint density at radius 2 is 2.33 bits per heavy atom. The molecule has 0 radical (unpaired) electrons. The molecule has 8 heteroatoms. The van der Waals surface area contributed by atoms with Gasteiger partial charge in [-0.05, 0) is 22.9 Å². The molecule has 2 aromatic rings. The summed E-state index contributed by atoms with van der Waals surface area (Å²) in [6.07, 6.45) is 4.44. The van der Waals surface area contributed by atoms with E-state index < -0.39 is 4.92 Å². The third-order valence-electron chi connectivity index (χ3n) is 2.26. The number of nitrogens with one attached hydrogen (secondary N) is 1. The van der Waals surface area contributed by atoms with Gasteiger partial charge in [0.15, 0.2) is 0 Å². The first-order valence-corrected chi connectivity index (χ1v) is 6.70. The van der Waals surface area contributed by atoms with Crippen LogP contribution in [0, 0.1) is 10.1 Å². The number of nitrogens with zero attached hydrogens (tertiary/aromatic N) is 3. The van der Waals surface area contributed by atoms with Gasteiger partial charge in [-0.1, -0.05) is 0 Å². The Morgan fingerprint density at radius 1 is 1.56 bits per heavy atom. The summed E-state index contributed by atoms with van der Waals surface area (Å²) >= 11 is 4.76. The van der Waals surface area contributed by atoms with E-state index >= 15 is 0 Å². The number of rotatable bonds is 4. The lowest BCUT2D eigenvalue weighted by molar-refractivity contribution is -0.384. The lowest BCUT2D eigenvalue weighted by Crippen LogP contribution is -2.09. The van der Waals surface area contributed by atoms with Crippen LogP contribution in [0.25, 0.3) is 0 Å². The maximum Gasteiger partial charge on any atom is 0.311 e. The molecule has 1 atom stereocenters. The maximum atomic E-state index is 10.9. The Balaban J connectivity index is 2.31. The molecule has 2 aromatic heterocycles. The van der Waals surface area contributed by atoms with Crippen molar-refractivity contribution in [3.05, 3.63) is 43.6 Å². The normalized spacial score (nSPS) is 12.1. The molecule has 2 rings (SSSR count). The van der Waals surface area contributed by atoms with E-state index in [4.69, 9.17) is 0 Å². The van der Waals surface area contributed by atoms with Gasteiger partial charge in [0.1, 0.15) is 16.9 Å².